The Balaban J connectivity index is 1.91. The average molecular weight is 703 g/mol. The van der Waals surface area contributed by atoms with Crippen LogP contribution < -0.4 is 5.32 Å². The van der Waals surface area contributed by atoms with Crippen LogP contribution in [0.4, 0.5) is 10.5 Å². The number of anilines is 1. The zero-order valence-electron chi connectivity index (χ0n) is 30.0. The molecule has 12 atom stereocenters. The van der Waals surface area contributed by atoms with Crippen LogP contribution in [0.1, 0.15) is 53.9 Å². The summed E-state index contributed by atoms with van der Waals surface area (Å²) < 4.78 is 23.5. The minimum Gasteiger partial charge on any atom is -0.462 e. The van der Waals surface area contributed by atoms with Gasteiger partial charge in [-0.3, -0.25) is 14.9 Å². The normalized spacial score (nSPS) is 36.5. The topological polar surface area (TPSA) is 181 Å². The Morgan fingerprint density at radius 2 is 1.74 bits per heavy atom. The fourth-order valence-electron chi connectivity index (χ4n) is 6.45. The summed E-state index contributed by atoms with van der Waals surface area (Å²) in [6, 6.07) is 8.03. The van der Waals surface area contributed by atoms with Gasteiger partial charge in [0.25, 0.3) is 0 Å². The van der Waals surface area contributed by atoms with E-state index in [1.165, 1.54) is 6.08 Å². The molecule has 50 heavy (non-hydrogen) atoms. The van der Waals surface area contributed by atoms with Crippen molar-refractivity contribution in [3.63, 3.8) is 0 Å². The molecule has 1 aromatic rings. The highest BCUT2D eigenvalue weighted by Gasteiger charge is 2.47. The van der Waals surface area contributed by atoms with E-state index in [0.29, 0.717) is 24.0 Å². The van der Waals surface area contributed by atoms with Crippen molar-refractivity contribution in [3.05, 3.63) is 54.1 Å². The first-order valence-corrected chi connectivity index (χ1v) is 17.2. The van der Waals surface area contributed by atoms with E-state index in [0.717, 1.165) is 0 Å². The molecule has 278 valence electrons. The number of likely N-dealkylation sites (N-methyl/N-ethyl adjacent to an activating group) is 1. The number of hydrogen-bond donors (Lipinski definition) is 4. The zero-order valence-corrected chi connectivity index (χ0v) is 30.0. The number of nitrogens with zero attached hydrogens (tertiary/aromatic N) is 1. The second-order valence-electron chi connectivity index (χ2n) is 13.6. The molecule has 0 spiro atoms. The van der Waals surface area contributed by atoms with E-state index in [1.807, 2.05) is 13.0 Å². The first-order chi connectivity index (χ1) is 23.7. The molecule has 3 rings (SSSR count). The molecule has 2 aliphatic heterocycles. The summed E-state index contributed by atoms with van der Waals surface area (Å²) in [4.78, 5) is 53.4. The van der Waals surface area contributed by atoms with E-state index < -0.39 is 91.1 Å². The summed E-state index contributed by atoms with van der Waals surface area (Å²) >= 11 is 0. The van der Waals surface area contributed by atoms with Gasteiger partial charge >= 0.3 is 12.1 Å². The number of hydrogen-bond acceptors (Lipinski definition) is 12. The third kappa shape index (κ3) is 11.3. The van der Waals surface area contributed by atoms with Crippen molar-refractivity contribution in [2.45, 2.75) is 103 Å². The molecule has 0 saturated carbocycles. The van der Waals surface area contributed by atoms with Gasteiger partial charge in [0.2, 0.25) is 0 Å². The van der Waals surface area contributed by atoms with Gasteiger partial charge in [0.1, 0.15) is 25.1 Å². The summed E-state index contributed by atoms with van der Waals surface area (Å²) in [5, 5.41) is 35.9. The summed E-state index contributed by atoms with van der Waals surface area (Å²) in [6.45, 7) is 8.36. The molecule has 13 heteroatoms. The summed E-state index contributed by atoms with van der Waals surface area (Å²) in [7, 11) is 3.39. The van der Waals surface area contributed by atoms with Crippen molar-refractivity contribution in [3.8, 4) is 0 Å². The third-order valence-electron chi connectivity index (χ3n) is 9.48. The number of amides is 1. The first-order valence-electron chi connectivity index (χ1n) is 17.2. The van der Waals surface area contributed by atoms with Crippen LogP contribution in [0.5, 0.6) is 0 Å². The number of para-hydroxylation sites is 1. The monoisotopic (exact) mass is 702 g/mol. The predicted octanol–water partition coefficient (Wildman–Crippen LogP) is 3.27. The van der Waals surface area contributed by atoms with Crippen molar-refractivity contribution in [1.29, 1.82) is 0 Å². The fourth-order valence-corrected chi connectivity index (χ4v) is 6.45. The molecule has 1 amide bonds. The lowest BCUT2D eigenvalue weighted by Gasteiger charge is -2.46. The van der Waals surface area contributed by atoms with E-state index in [4.69, 9.17) is 18.9 Å². The van der Waals surface area contributed by atoms with Crippen LogP contribution in [0.3, 0.4) is 0 Å². The van der Waals surface area contributed by atoms with E-state index in [9.17, 15) is 34.5 Å². The minimum atomic E-state index is -1.36. The number of benzene rings is 1. The van der Waals surface area contributed by atoms with E-state index in [1.54, 1.807) is 83.1 Å². The van der Waals surface area contributed by atoms with Crippen LogP contribution >= 0.6 is 0 Å². The first kappa shape index (κ1) is 41.0. The third-order valence-corrected chi connectivity index (χ3v) is 9.48. The lowest BCUT2D eigenvalue weighted by Crippen LogP contribution is -2.63. The number of carbonyl (C=O) groups is 4. The highest BCUT2D eigenvalue weighted by atomic mass is 16.7. The van der Waals surface area contributed by atoms with Crippen molar-refractivity contribution in [1.82, 2.24) is 4.90 Å². The predicted molar refractivity (Wildman–Crippen MR) is 185 cm³/mol. The van der Waals surface area contributed by atoms with E-state index in [-0.39, 0.29) is 18.8 Å². The number of ketones is 1. The lowest BCUT2D eigenvalue weighted by atomic mass is 9.81. The van der Waals surface area contributed by atoms with Gasteiger partial charge in [-0.15, -0.1) is 0 Å². The summed E-state index contributed by atoms with van der Waals surface area (Å²) in [6.07, 6.45) is -2.89. The number of aliphatic hydroxyl groups excluding tert-OH is 3. The number of esters is 1. The smallest absolute Gasteiger partial charge is 0.411 e. The molecule has 0 bridgehead atoms. The molecule has 2 heterocycles. The fraction of sp³-hybridized carbons (Fsp3) is 0.622. The molecular formula is C37H54N2O11. The second kappa shape index (κ2) is 19.2. The van der Waals surface area contributed by atoms with Crippen molar-refractivity contribution in [2.24, 2.45) is 23.7 Å². The second-order valence-corrected chi connectivity index (χ2v) is 13.6. The molecule has 0 aliphatic carbocycles. The van der Waals surface area contributed by atoms with Crippen LogP contribution in [0, 0.1) is 23.7 Å². The molecule has 2 aliphatic rings. The number of nitrogens with one attached hydrogen (secondary N) is 1. The minimum absolute atomic E-state index is 0.0462. The lowest BCUT2D eigenvalue weighted by molar-refractivity contribution is -0.302. The number of cyclic esters (lactones) is 1. The Hall–Kier alpha value is -3.46. The Bertz CT molecular complexity index is 1340. The molecule has 0 radical (unpaired) electrons. The number of aldehydes is 1. The molecule has 1 fully saturated rings. The van der Waals surface area contributed by atoms with Gasteiger partial charge in [-0.25, -0.2) is 4.79 Å². The Morgan fingerprint density at radius 1 is 1.06 bits per heavy atom. The largest absolute Gasteiger partial charge is 0.462 e. The summed E-state index contributed by atoms with van der Waals surface area (Å²) in [5.74, 6) is -4.01. The van der Waals surface area contributed by atoms with Gasteiger partial charge in [0, 0.05) is 29.4 Å². The van der Waals surface area contributed by atoms with Crippen LogP contribution in [0.25, 0.3) is 0 Å². The van der Waals surface area contributed by atoms with Crippen LogP contribution in [0.2, 0.25) is 0 Å². The Kier molecular flexibility index (Phi) is 15.8. The molecule has 13 nitrogen and oxygen atoms in total. The molecule has 4 N–H and O–H groups in total. The molecule has 1 aromatic carbocycles. The standard InChI is InChI=1S/C37H54N2O11/c1-8-30-26(20-47-37(46)38-27-12-10-9-11-13-27)16-21(2)14-15-28(41)22(3)17-25(19-40)35(23(4)29(42)18-31(43)49-30)50-36-34(45)32(39(6)7)33(44)24(5)48-36/h9-16,19,22-26,29-30,32-36,42,44-45H,8,17-18,20H2,1-7H3,(H,38,46)/b15-14+,21-16+/t22-,23+,24-,25?,26-,29-,30-,32+,33-,34-,35-,36+/m1/s1. The van der Waals surface area contributed by atoms with Crippen LogP contribution in [-0.4, -0.2) is 114 Å². The number of aliphatic hydroxyl groups is 3. The number of ether oxygens (including phenoxy) is 4. The summed E-state index contributed by atoms with van der Waals surface area (Å²) in [5.41, 5.74) is 1.20. The van der Waals surface area contributed by atoms with Gasteiger partial charge < -0.3 is 44.0 Å². The van der Waals surface area contributed by atoms with Crippen molar-refractivity contribution >= 4 is 29.8 Å². The van der Waals surface area contributed by atoms with Crippen molar-refractivity contribution in [2.75, 3.05) is 26.0 Å². The van der Waals surface area contributed by atoms with E-state index in [2.05, 4.69) is 5.32 Å². The van der Waals surface area contributed by atoms with Gasteiger partial charge in [-0.05, 0) is 59.0 Å². The van der Waals surface area contributed by atoms with Crippen LogP contribution in [-0.2, 0) is 33.3 Å². The number of carbonyl (C=O) groups excluding carboxylic acids is 4. The quantitative estimate of drug-likeness (QED) is 0.230. The highest BCUT2D eigenvalue weighted by Crippen LogP contribution is 2.32. The average Bonchev–Trinajstić information content (AvgIpc) is 3.07. The molecule has 1 unspecified atom stereocenters. The molecule has 1 saturated heterocycles. The van der Waals surface area contributed by atoms with Gasteiger partial charge in [-0.2, -0.15) is 0 Å². The van der Waals surface area contributed by atoms with Crippen molar-refractivity contribution < 1.29 is 53.4 Å². The Labute approximate surface area is 294 Å². The van der Waals surface area contributed by atoms with Gasteiger partial charge in [-0.1, -0.05) is 56.7 Å². The maximum absolute atomic E-state index is 13.3. The van der Waals surface area contributed by atoms with Crippen LogP contribution in [0.15, 0.2) is 54.1 Å². The van der Waals surface area contributed by atoms with E-state index >= 15 is 0 Å². The zero-order chi connectivity index (χ0) is 37.1. The highest BCUT2D eigenvalue weighted by molar-refractivity contribution is 5.92. The van der Waals surface area contributed by atoms with Gasteiger partial charge in [0.15, 0.2) is 12.1 Å². The Morgan fingerprint density at radius 3 is 2.36 bits per heavy atom. The number of rotatable bonds is 8. The SMILES string of the molecule is CC[C@H]1OC(=O)C[C@@H](O)[C@H](C)[C@@H](O[C@@H]2O[C@H](C)[C@@H](O)[C@H](N(C)C)[C@H]2O)C(C=O)C[C@@H](C)C(=O)/C=C/C(C)=C/[C@@H]1COC(=O)Nc1ccccc1. The molecule has 0 aromatic heterocycles. The maximum atomic E-state index is 13.3. The maximum Gasteiger partial charge on any atom is 0.411 e. The number of allylic oxidation sites excluding steroid dienone is 3. The van der Waals surface area contributed by atoms with Gasteiger partial charge in [0.05, 0.1) is 36.9 Å². The molecular weight excluding hydrogens is 648 g/mol.